The summed E-state index contributed by atoms with van der Waals surface area (Å²) in [6.07, 6.45) is -4.72. The Labute approximate surface area is 211 Å². The first kappa shape index (κ1) is 25.6. The van der Waals surface area contributed by atoms with Gasteiger partial charge in [0.1, 0.15) is 36.0 Å². The molecule has 0 spiro atoms. The van der Waals surface area contributed by atoms with Crippen molar-refractivity contribution in [3.8, 4) is 0 Å². The van der Waals surface area contributed by atoms with Crippen LogP contribution in [-0.4, -0.2) is 93.4 Å². The molecule has 1 amide bonds. The lowest BCUT2D eigenvalue weighted by molar-refractivity contribution is -0.137. The lowest BCUT2D eigenvalue weighted by Crippen LogP contribution is -2.53. The molecule has 3 aliphatic heterocycles. The molecule has 15 nitrogen and oxygen atoms in total. The maximum Gasteiger partial charge on any atom is 0.330 e. The molecule has 0 bridgehead atoms. The van der Waals surface area contributed by atoms with Crippen molar-refractivity contribution < 1.29 is 29.6 Å². The number of hydrogen-bond acceptors (Lipinski definition) is 11. The number of thioether (sulfide) groups is 1. The molecule has 5 heterocycles. The highest BCUT2D eigenvalue weighted by Gasteiger charge is 2.55. The van der Waals surface area contributed by atoms with Crippen molar-refractivity contribution >= 4 is 17.7 Å². The normalized spacial score (nSPS) is 33.9. The van der Waals surface area contributed by atoms with Crippen LogP contribution in [0, 0.1) is 6.92 Å². The van der Waals surface area contributed by atoms with Crippen molar-refractivity contribution in [2.75, 3.05) is 12.4 Å². The van der Waals surface area contributed by atoms with Gasteiger partial charge in [-0.25, -0.2) is 9.59 Å². The highest BCUT2D eigenvalue weighted by atomic mass is 32.2. The van der Waals surface area contributed by atoms with Gasteiger partial charge in [0.25, 0.3) is 11.1 Å². The molecule has 37 heavy (non-hydrogen) atoms. The van der Waals surface area contributed by atoms with Crippen LogP contribution >= 0.6 is 11.8 Å². The smallest absolute Gasteiger partial charge is 0.330 e. The van der Waals surface area contributed by atoms with Crippen LogP contribution in [0.25, 0.3) is 0 Å². The standard InChI is InChI=1S/C21H25N5O10S/c1-8-5-25(21(34)23-17(8)32)13-4-9(10(6-27)35-13)26-12(29)7-37-19(26)16-14(30)15(31)18(36-16)24-3-2-11(28)22-20(24)33/h2-3,5,9-10,13-16,18-19,27,30-31H,4,6-7H2,1H3,(H,22,28,33)(H,23,32,34)/t9-,10+,13+,14-,15+,16-,18+,19+/m0/s1. The SMILES string of the molecule is Cc1cn([C@H]2C[C@H](N3C(=O)CS[C@@H]3[C@H]3O[C@@H](n4ccc(=O)[nH]c4=O)[C@H](O)[C@@H]3O)[C@@H](CO)O2)c(=O)[nH]c1=O. The van der Waals surface area contributed by atoms with Crippen LogP contribution in [0.15, 0.2) is 37.6 Å². The van der Waals surface area contributed by atoms with Gasteiger partial charge in [-0.2, -0.15) is 0 Å². The Morgan fingerprint density at radius 3 is 2.49 bits per heavy atom. The second kappa shape index (κ2) is 9.70. The minimum atomic E-state index is -1.55. The quantitative estimate of drug-likeness (QED) is 0.252. The molecule has 3 fully saturated rings. The third-order valence-corrected chi connectivity index (χ3v) is 8.07. The van der Waals surface area contributed by atoms with Gasteiger partial charge < -0.3 is 29.7 Å². The maximum atomic E-state index is 13.0. The summed E-state index contributed by atoms with van der Waals surface area (Å²) in [6.45, 7) is 1.04. The molecular formula is C21H25N5O10S. The molecular weight excluding hydrogens is 514 g/mol. The van der Waals surface area contributed by atoms with E-state index in [1.54, 1.807) is 0 Å². The van der Waals surface area contributed by atoms with Crippen molar-refractivity contribution in [1.29, 1.82) is 0 Å². The summed E-state index contributed by atoms with van der Waals surface area (Å²) in [5.41, 5.74) is -2.45. The molecule has 2 aromatic heterocycles. The Hall–Kier alpha value is -3.02. The van der Waals surface area contributed by atoms with E-state index < -0.39 is 77.4 Å². The Bertz CT molecular complexity index is 1430. The molecule has 5 rings (SSSR count). The molecule has 0 unspecified atom stereocenters. The van der Waals surface area contributed by atoms with Gasteiger partial charge >= 0.3 is 11.4 Å². The average molecular weight is 540 g/mol. The van der Waals surface area contributed by atoms with Gasteiger partial charge in [-0.15, -0.1) is 11.8 Å². The molecule has 8 atom stereocenters. The van der Waals surface area contributed by atoms with E-state index in [4.69, 9.17) is 9.47 Å². The zero-order valence-electron chi connectivity index (χ0n) is 19.4. The Kier molecular flexibility index (Phi) is 6.71. The van der Waals surface area contributed by atoms with E-state index in [2.05, 4.69) is 9.97 Å². The van der Waals surface area contributed by atoms with Crippen LogP contribution in [0.1, 0.15) is 24.4 Å². The van der Waals surface area contributed by atoms with E-state index in [9.17, 15) is 39.3 Å². The number of aromatic nitrogens is 4. The Balaban J connectivity index is 1.43. The summed E-state index contributed by atoms with van der Waals surface area (Å²) < 4.78 is 13.9. The van der Waals surface area contributed by atoms with Crippen LogP contribution in [0.5, 0.6) is 0 Å². The zero-order chi connectivity index (χ0) is 26.6. The summed E-state index contributed by atoms with van der Waals surface area (Å²) in [4.78, 5) is 66.4. The number of ether oxygens (including phenoxy) is 2. The second-order valence-electron chi connectivity index (χ2n) is 9.09. The summed E-state index contributed by atoms with van der Waals surface area (Å²) in [6, 6.07) is 0.337. The number of carbonyl (C=O) groups excluding carboxylic acids is 1. The van der Waals surface area contributed by atoms with E-state index in [1.807, 2.05) is 0 Å². The van der Waals surface area contributed by atoms with Crippen LogP contribution in [0.4, 0.5) is 0 Å². The molecule has 16 heteroatoms. The van der Waals surface area contributed by atoms with Crippen molar-refractivity contribution in [2.24, 2.45) is 0 Å². The van der Waals surface area contributed by atoms with Gasteiger partial charge in [0.05, 0.1) is 18.4 Å². The Morgan fingerprint density at radius 1 is 1.05 bits per heavy atom. The minimum Gasteiger partial charge on any atom is -0.394 e. The number of H-pyrrole nitrogens is 2. The van der Waals surface area contributed by atoms with Crippen LogP contribution in [0.2, 0.25) is 0 Å². The first-order valence-corrected chi connectivity index (χ1v) is 12.5. The number of aromatic amines is 2. The third-order valence-electron chi connectivity index (χ3n) is 6.82. The predicted octanol–water partition coefficient (Wildman–Crippen LogP) is -3.44. The fourth-order valence-corrected chi connectivity index (χ4v) is 6.31. The lowest BCUT2D eigenvalue weighted by atomic mass is 10.0. The fraction of sp³-hybridized carbons (Fsp3) is 0.571. The third kappa shape index (κ3) is 4.38. The summed E-state index contributed by atoms with van der Waals surface area (Å²) >= 11 is 1.15. The van der Waals surface area contributed by atoms with Crippen molar-refractivity contribution in [1.82, 2.24) is 24.0 Å². The van der Waals surface area contributed by atoms with E-state index in [0.717, 1.165) is 28.6 Å². The predicted molar refractivity (Wildman–Crippen MR) is 126 cm³/mol. The average Bonchev–Trinajstić information content (AvgIpc) is 3.52. The summed E-state index contributed by atoms with van der Waals surface area (Å²) in [5, 5.41) is 30.6. The number of aliphatic hydroxyl groups excluding tert-OH is 3. The molecule has 0 radical (unpaired) electrons. The highest BCUT2D eigenvalue weighted by molar-refractivity contribution is 8.01. The van der Waals surface area contributed by atoms with Crippen molar-refractivity contribution in [3.63, 3.8) is 0 Å². The topological polar surface area (TPSA) is 209 Å². The minimum absolute atomic E-state index is 0.0215. The zero-order valence-corrected chi connectivity index (χ0v) is 20.2. The van der Waals surface area contributed by atoms with E-state index in [0.29, 0.717) is 0 Å². The first-order valence-electron chi connectivity index (χ1n) is 11.4. The van der Waals surface area contributed by atoms with E-state index in [1.165, 1.54) is 22.6 Å². The molecule has 3 saturated heterocycles. The molecule has 0 aromatic carbocycles. The van der Waals surface area contributed by atoms with Gasteiger partial charge in [0.2, 0.25) is 5.91 Å². The van der Waals surface area contributed by atoms with Gasteiger partial charge in [0, 0.05) is 30.4 Å². The maximum absolute atomic E-state index is 13.0. The largest absolute Gasteiger partial charge is 0.394 e. The van der Waals surface area contributed by atoms with E-state index >= 15 is 0 Å². The van der Waals surface area contributed by atoms with E-state index in [-0.39, 0.29) is 23.6 Å². The first-order chi connectivity index (χ1) is 17.6. The van der Waals surface area contributed by atoms with Gasteiger partial charge in [-0.05, 0) is 6.92 Å². The highest BCUT2D eigenvalue weighted by Crippen LogP contribution is 2.43. The Morgan fingerprint density at radius 2 is 1.78 bits per heavy atom. The van der Waals surface area contributed by atoms with Crippen LogP contribution in [-0.2, 0) is 14.3 Å². The number of amides is 1. The van der Waals surface area contributed by atoms with Gasteiger partial charge in [0.15, 0.2) is 6.23 Å². The number of hydrogen-bond donors (Lipinski definition) is 5. The monoisotopic (exact) mass is 539 g/mol. The van der Waals surface area contributed by atoms with Crippen molar-refractivity contribution in [2.45, 2.75) is 61.6 Å². The molecule has 0 saturated carbocycles. The number of aryl methyl sites for hydroxylation is 1. The number of aliphatic hydroxyl groups is 3. The van der Waals surface area contributed by atoms with Crippen LogP contribution in [0.3, 0.4) is 0 Å². The number of carbonyl (C=O) groups is 1. The van der Waals surface area contributed by atoms with Gasteiger partial charge in [-0.1, -0.05) is 0 Å². The molecule has 2 aromatic rings. The summed E-state index contributed by atoms with van der Waals surface area (Å²) in [5.74, 6) is -0.309. The fourth-order valence-electron chi connectivity index (χ4n) is 5.00. The molecule has 200 valence electrons. The van der Waals surface area contributed by atoms with Crippen molar-refractivity contribution in [3.05, 3.63) is 65.7 Å². The lowest BCUT2D eigenvalue weighted by Gasteiger charge is -2.35. The number of nitrogens with zero attached hydrogens (tertiary/aromatic N) is 3. The molecule has 5 N–H and O–H groups in total. The number of nitrogens with one attached hydrogen (secondary N) is 2. The number of rotatable bonds is 5. The van der Waals surface area contributed by atoms with Crippen LogP contribution < -0.4 is 22.5 Å². The van der Waals surface area contributed by atoms with Gasteiger partial charge in [-0.3, -0.25) is 33.5 Å². The second-order valence-corrected chi connectivity index (χ2v) is 10.2. The summed E-state index contributed by atoms with van der Waals surface area (Å²) in [7, 11) is 0. The molecule has 0 aliphatic carbocycles. The molecule has 3 aliphatic rings.